The first-order valence-electron chi connectivity index (χ1n) is 8.32. The summed E-state index contributed by atoms with van der Waals surface area (Å²) in [6.45, 7) is 1.92. The van der Waals surface area contributed by atoms with E-state index in [1.807, 2.05) is 55.5 Å². The van der Waals surface area contributed by atoms with E-state index in [0.29, 0.717) is 11.5 Å². The second-order valence-electron chi connectivity index (χ2n) is 6.35. The topological polar surface area (TPSA) is 58.2 Å². The zero-order valence-electron chi connectivity index (χ0n) is 13.8. The third-order valence-electron chi connectivity index (χ3n) is 4.26. The van der Waals surface area contributed by atoms with Gasteiger partial charge in [0, 0.05) is 5.56 Å². The van der Waals surface area contributed by atoms with Crippen LogP contribution < -0.4 is 10.6 Å². The molecule has 124 valence electrons. The normalized spacial score (nSPS) is 14.7. The molecule has 1 saturated carbocycles. The lowest BCUT2D eigenvalue weighted by atomic mass is 10.0. The van der Waals surface area contributed by atoms with Crippen molar-refractivity contribution in [3.63, 3.8) is 0 Å². The molecule has 0 aromatic heterocycles. The average molecular weight is 322 g/mol. The van der Waals surface area contributed by atoms with Crippen molar-refractivity contribution < 1.29 is 9.59 Å². The van der Waals surface area contributed by atoms with Gasteiger partial charge in [-0.1, -0.05) is 48.0 Å². The number of amides is 2. The van der Waals surface area contributed by atoms with Crippen LogP contribution >= 0.6 is 0 Å². The molecule has 2 aromatic carbocycles. The van der Waals surface area contributed by atoms with Gasteiger partial charge in [0.05, 0.1) is 12.6 Å². The molecule has 2 amide bonds. The third kappa shape index (κ3) is 4.22. The maximum atomic E-state index is 12.2. The largest absolute Gasteiger partial charge is 0.347 e. The Morgan fingerprint density at radius 3 is 2.50 bits per heavy atom. The van der Waals surface area contributed by atoms with Gasteiger partial charge in [-0.15, -0.1) is 0 Å². The van der Waals surface area contributed by atoms with E-state index in [-0.39, 0.29) is 24.4 Å². The van der Waals surface area contributed by atoms with E-state index < -0.39 is 0 Å². The summed E-state index contributed by atoms with van der Waals surface area (Å²) in [6, 6.07) is 17.4. The minimum Gasteiger partial charge on any atom is -0.347 e. The fraction of sp³-hybridized carbons (Fsp3) is 0.300. The van der Waals surface area contributed by atoms with E-state index in [4.69, 9.17) is 0 Å². The van der Waals surface area contributed by atoms with Crippen LogP contribution in [0.15, 0.2) is 54.6 Å². The number of carbonyl (C=O) groups excluding carboxylic acids is 2. The highest BCUT2D eigenvalue weighted by Gasteiger charge is 2.33. The maximum absolute atomic E-state index is 12.2. The van der Waals surface area contributed by atoms with Gasteiger partial charge < -0.3 is 10.6 Å². The minimum absolute atomic E-state index is 0.0111. The summed E-state index contributed by atoms with van der Waals surface area (Å²) in [6.07, 6.45) is 2.27. The number of nitrogens with one attached hydrogen (secondary N) is 2. The van der Waals surface area contributed by atoms with Crippen molar-refractivity contribution >= 4 is 11.8 Å². The molecule has 1 aliphatic carbocycles. The Labute approximate surface area is 142 Å². The van der Waals surface area contributed by atoms with Crippen LogP contribution in [0.3, 0.4) is 0 Å². The number of hydrogen-bond donors (Lipinski definition) is 2. The zero-order valence-corrected chi connectivity index (χ0v) is 13.8. The molecule has 2 aromatic rings. The first kappa shape index (κ1) is 16.2. The first-order chi connectivity index (χ1) is 11.6. The number of carbonyl (C=O) groups is 2. The number of benzene rings is 2. The molecule has 1 aliphatic rings. The molecule has 0 spiro atoms. The minimum atomic E-state index is -0.225. The molecule has 2 N–H and O–H groups in total. The molecule has 0 bridgehead atoms. The summed E-state index contributed by atoms with van der Waals surface area (Å²) in [4.78, 5) is 24.3. The molecule has 3 rings (SSSR count). The van der Waals surface area contributed by atoms with Gasteiger partial charge in [0.1, 0.15) is 0 Å². The van der Waals surface area contributed by atoms with Crippen LogP contribution in [0.5, 0.6) is 0 Å². The predicted octanol–water partition coefficient (Wildman–Crippen LogP) is 2.99. The highest BCUT2D eigenvalue weighted by Crippen LogP contribution is 2.40. The molecule has 0 saturated heterocycles. The second-order valence-corrected chi connectivity index (χ2v) is 6.35. The summed E-state index contributed by atoms with van der Waals surface area (Å²) in [5.74, 6) is 0.122. The van der Waals surface area contributed by atoms with Crippen LogP contribution in [0.4, 0.5) is 0 Å². The Hall–Kier alpha value is -2.62. The van der Waals surface area contributed by atoms with Crippen LogP contribution in [0.25, 0.3) is 0 Å². The summed E-state index contributed by atoms with van der Waals surface area (Å²) in [5, 5.41) is 5.75. The van der Waals surface area contributed by atoms with Gasteiger partial charge in [-0.05, 0) is 43.4 Å². The molecule has 24 heavy (non-hydrogen) atoms. The Morgan fingerprint density at radius 2 is 1.83 bits per heavy atom. The van der Waals surface area contributed by atoms with Crippen LogP contribution in [0, 0.1) is 12.8 Å². The quantitative estimate of drug-likeness (QED) is 0.859. The molecule has 1 unspecified atom stereocenters. The summed E-state index contributed by atoms with van der Waals surface area (Å²) in [5.41, 5.74) is 2.72. The Bertz CT molecular complexity index is 723. The van der Waals surface area contributed by atoms with Crippen LogP contribution in [-0.4, -0.2) is 18.4 Å². The van der Waals surface area contributed by atoms with Crippen LogP contribution in [0.1, 0.15) is 40.4 Å². The van der Waals surface area contributed by atoms with Crippen molar-refractivity contribution in [1.29, 1.82) is 0 Å². The van der Waals surface area contributed by atoms with Gasteiger partial charge in [-0.3, -0.25) is 9.59 Å². The first-order valence-corrected chi connectivity index (χ1v) is 8.32. The number of aryl methyl sites for hydroxylation is 1. The number of rotatable bonds is 6. The lowest BCUT2D eigenvalue weighted by Gasteiger charge is -2.19. The fourth-order valence-corrected chi connectivity index (χ4v) is 2.84. The molecular formula is C20H22N2O2. The van der Waals surface area contributed by atoms with Crippen molar-refractivity contribution in [2.24, 2.45) is 5.92 Å². The van der Waals surface area contributed by atoms with Gasteiger partial charge >= 0.3 is 0 Å². The molecule has 0 aliphatic heterocycles. The Balaban J connectivity index is 1.56. The summed E-state index contributed by atoms with van der Waals surface area (Å²) in [7, 11) is 0. The Morgan fingerprint density at radius 1 is 1.08 bits per heavy atom. The van der Waals surface area contributed by atoms with Crippen molar-refractivity contribution in [2.75, 3.05) is 6.54 Å². The molecular weight excluding hydrogens is 300 g/mol. The van der Waals surface area contributed by atoms with Gasteiger partial charge in [0.25, 0.3) is 5.91 Å². The molecule has 1 fully saturated rings. The number of hydrogen-bond acceptors (Lipinski definition) is 2. The van der Waals surface area contributed by atoms with E-state index in [9.17, 15) is 9.59 Å². The van der Waals surface area contributed by atoms with E-state index in [1.165, 1.54) is 0 Å². The van der Waals surface area contributed by atoms with E-state index >= 15 is 0 Å². The molecule has 4 heteroatoms. The standard InChI is InChI=1S/C20H22N2O2/c1-14-6-5-9-17(12-14)20(24)21-13-18(23)22-19(16-10-11-16)15-7-3-2-4-8-15/h2-9,12,16,19H,10-11,13H2,1H3,(H,21,24)(H,22,23). The molecule has 0 heterocycles. The molecule has 0 radical (unpaired) electrons. The van der Waals surface area contributed by atoms with Crippen molar-refractivity contribution in [2.45, 2.75) is 25.8 Å². The highest BCUT2D eigenvalue weighted by molar-refractivity contribution is 5.96. The van der Waals surface area contributed by atoms with E-state index in [0.717, 1.165) is 24.0 Å². The van der Waals surface area contributed by atoms with E-state index in [1.54, 1.807) is 6.07 Å². The molecule has 1 atom stereocenters. The lowest BCUT2D eigenvalue weighted by Crippen LogP contribution is -2.39. The average Bonchev–Trinajstić information content (AvgIpc) is 3.43. The van der Waals surface area contributed by atoms with Gasteiger partial charge in [-0.25, -0.2) is 0 Å². The summed E-state index contributed by atoms with van der Waals surface area (Å²) >= 11 is 0. The third-order valence-corrected chi connectivity index (χ3v) is 4.26. The van der Waals surface area contributed by atoms with Crippen molar-refractivity contribution in [3.8, 4) is 0 Å². The predicted molar refractivity (Wildman–Crippen MR) is 93.6 cm³/mol. The molecule has 4 nitrogen and oxygen atoms in total. The lowest BCUT2D eigenvalue weighted by molar-refractivity contribution is -0.121. The zero-order chi connectivity index (χ0) is 16.9. The van der Waals surface area contributed by atoms with Gasteiger partial charge in [0.15, 0.2) is 0 Å². The maximum Gasteiger partial charge on any atom is 0.251 e. The van der Waals surface area contributed by atoms with E-state index in [2.05, 4.69) is 10.6 Å². The Kier molecular flexibility index (Phi) is 4.94. The SMILES string of the molecule is Cc1cccc(C(=O)NCC(=O)NC(c2ccccc2)C2CC2)c1. The van der Waals surface area contributed by atoms with Crippen LogP contribution in [0.2, 0.25) is 0 Å². The van der Waals surface area contributed by atoms with Crippen molar-refractivity contribution in [1.82, 2.24) is 10.6 Å². The monoisotopic (exact) mass is 322 g/mol. The van der Waals surface area contributed by atoms with Crippen molar-refractivity contribution in [3.05, 3.63) is 71.3 Å². The van der Waals surface area contributed by atoms with Gasteiger partial charge in [-0.2, -0.15) is 0 Å². The highest BCUT2D eigenvalue weighted by atomic mass is 16.2. The smallest absolute Gasteiger partial charge is 0.251 e. The summed E-state index contributed by atoms with van der Waals surface area (Å²) < 4.78 is 0. The van der Waals surface area contributed by atoms with Crippen LogP contribution in [-0.2, 0) is 4.79 Å². The van der Waals surface area contributed by atoms with Gasteiger partial charge in [0.2, 0.25) is 5.91 Å². The second kappa shape index (κ2) is 7.30. The fourth-order valence-electron chi connectivity index (χ4n) is 2.84.